The summed E-state index contributed by atoms with van der Waals surface area (Å²) < 4.78 is 26.8. The first-order valence-electron chi connectivity index (χ1n) is 7.67. The summed E-state index contributed by atoms with van der Waals surface area (Å²) in [5.41, 5.74) is 2.96. The van der Waals surface area contributed by atoms with Gasteiger partial charge < -0.3 is 4.57 Å². The Hall–Kier alpha value is -2.64. The number of nitrogens with one attached hydrogen (secondary N) is 1. The van der Waals surface area contributed by atoms with Crippen molar-refractivity contribution in [3.63, 3.8) is 0 Å². The molecule has 7 heteroatoms. The molecule has 0 spiro atoms. The lowest BCUT2D eigenvalue weighted by molar-refractivity contribution is -0.124. The van der Waals surface area contributed by atoms with E-state index in [0.29, 0.717) is 18.5 Å². The quantitative estimate of drug-likeness (QED) is 0.327. The normalized spacial score (nSPS) is 11.6. The summed E-state index contributed by atoms with van der Waals surface area (Å²) in [4.78, 5) is 11.2. The predicted octanol–water partition coefficient (Wildman–Crippen LogP) is 2.21. The van der Waals surface area contributed by atoms with Gasteiger partial charge in [-0.15, -0.1) is 6.58 Å². The Balaban J connectivity index is 2.35. The van der Waals surface area contributed by atoms with E-state index in [9.17, 15) is 13.2 Å². The summed E-state index contributed by atoms with van der Waals surface area (Å²) in [7, 11) is -3.59. The highest BCUT2D eigenvalue weighted by Crippen LogP contribution is 2.21. The van der Waals surface area contributed by atoms with Crippen LogP contribution in [0.5, 0.6) is 0 Å². The van der Waals surface area contributed by atoms with E-state index >= 15 is 0 Å². The molecule has 0 radical (unpaired) electrons. The fourth-order valence-corrected chi connectivity index (χ4v) is 3.94. The number of carbonyl (C=O) groups excluding carboxylic acids is 1. The second-order valence-corrected chi connectivity index (χ2v) is 7.33. The van der Waals surface area contributed by atoms with Crippen LogP contribution in [0.3, 0.4) is 0 Å². The van der Waals surface area contributed by atoms with Gasteiger partial charge in [-0.25, -0.2) is 13.9 Å². The first-order valence-corrected chi connectivity index (χ1v) is 9.32. The molecule has 1 aromatic carbocycles. The van der Waals surface area contributed by atoms with Crippen LogP contribution in [0.4, 0.5) is 0 Å². The van der Waals surface area contributed by atoms with E-state index in [1.54, 1.807) is 16.8 Å². The van der Waals surface area contributed by atoms with Crippen molar-refractivity contribution in [1.82, 2.24) is 10.0 Å². The SMILES string of the molecule is C=CCS(=O)(=O)c1c(C=CC(=O)NO)ccn1CCc1ccccc1. The number of benzene rings is 1. The summed E-state index contributed by atoms with van der Waals surface area (Å²) >= 11 is 0. The van der Waals surface area contributed by atoms with Crippen molar-refractivity contribution < 1.29 is 18.4 Å². The van der Waals surface area contributed by atoms with Crippen molar-refractivity contribution in [3.8, 4) is 0 Å². The predicted molar refractivity (Wildman–Crippen MR) is 95.8 cm³/mol. The molecule has 6 nitrogen and oxygen atoms in total. The summed E-state index contributed by atoms with van der Waals surface area (Å²) in [5.74, 6) is -0.931. The van der Waals surface area contributed by atoms with Gasteiger partial charge in [-0.05, 0) is 24.1 Å². The summed E-state index contributed by atoms with van der Waals surface area (Å²) in [5, 5.41) is 8.68. The van der Waals surface area contributed by atoms with Crippen molar-refractivity contribution >= 4 is 21.8 Å². The number of aromatic nitrogens is 1. The molecular formula is C18H20N2O4S. The van der Waals surface area contributed by atoms with E-state index in [1.807, 2.05) is 30.3 Å². The van der Waals surface area contributed by atoms with Crippen LogP contribution in [0.15, 0.2) is 66.4 Å². The Morgan fingerprint density at radius 3 is 2.60 bits per heavy atom. The van der Waals surface area contributed by atoms with Crippen LogP contribution in [0.1, 0.15) is 11.1 Å². The zero-order valence-corrected chi connectivity index (χ0v) is 14.4. The molecule has 2 rings (SSSR count). The monoisotopic (exact) mass is 360 g/mol. The Bertz CT molecular complexity index is 868. The number of aryl methyl sites for hydroxylation is 2. The second-order valence-electron chi connectivity index (χ2n) is 5.38. The standard InChI is InChI=1S/C18H20N2O4S/c1-2-14-25(23,24)18-16(8-9-17(21)19-22)11-13-20(18)12-10-15-6-4-3-5-7-15/h2-9,11,13,22H,1,10,12,14H2,(H,19,21). The van der Waals surface area contributed by atoms with Crippen LogP contribution in [-0.2, 0) is 27.6 Å². The van der Waals surface area contributed by atoms with Crippen LogP contribution < -0.4 is 5.48 Å². The molecule has 0 saturated carbocycles. The highest BCUT2D eigenvalue weighted by atomic mass is 32.2. The fourth-order valence-electron chi connectivity index (χ4n) is 2.47. The maximum absolute atomic E-state index is 12.6. The molecule has 0 aliphatic heterocycles. The highest BCUT2D eigenvalue weighted by molar-refractivity contribution is 7.91. The van der Waals surface area contributed by atoms with E-state index in [1.165, 1.54) is 17.6 Å². The molecule has 0 atom stereocenters. The van der Waals surface area contributed by atoms with Crippen molar-refractivity contribution in [1.29, 1.82) is 0 Å². The molecule has 0 aliphatic rings. The zero-order chi connectivity index (χ0) is 18.3. The number of rotatable bonds is 8. The van der Waals surface area contributed by atoms with Crippen LogP contribution in [-0.4, -0.2) is 29.9 Å². The van der Waals surface area contributed by atoms with E-state index in [2.05, 4.69) is 6.58 Å². The average Bonchev–Trinajstić information content (AvgIpc) is 3.02. The maximum atomic E-state index is 12.6. The van der Waals surface area contributed by atoms with E-state index in [-0.39, 0.29) is 10.8 Å². The van der Waals surface area contributed by atoms with Crippen molar-refractivity contribution in [2.75, 3.05) is 5.75 Å². The lowest BCUT2D eigenvalue weighted by Gasteiger charge is -2.10. The first-order chi connectivity index (χ1) is 12.0. The maximum Gasteiger partial charge on any atom is 0.267 e. The minimum Gasteiger partial charge on any atom is -0.338 e. The third-order valence-corrected chi connectivity index (χ3v) is 5.32. The molecule has 0 aliphatic carbocycles. The van der Waals surface area contributed by atoms with Gasteiger partial charge in [-0.2, -0.15) is 0 Å². The van der Waals surface area contributed by atoms with Crippen LogP contribution >= 0.6 is 0 Å². The molecule has 1 heterocycles. The summed E-state index contributed by atoms with van der Waals surface area (Å²) in [6.45, 7) is 3.97. The van der Waals surface area contributed by atoms with E-state index in [4.69, 9.17) is 5.21 Å². The number of carbonyl (C=O) groups is 1. The largest absolute Gasteiger partial charge is 0.338 e. The number of nitrogens with zero attached hydrogens (tertiary/aromatic N) is 1. The van der Waals surface area contributed by atoms with Gasteiger partial charge in [-0.1, -0.05) is 36.4 Å². The second kappa shape index (κ2) is 8.46. The van der Waals surface area contributed by atoms with Crippen molar-refractivity contribution in [2.45, 2.75) is 18.0 Å². The summed E-state index contributed by atoms with van der Waals surface area (Å²) in [6, 6.07) is 11.4. The zero-order valence-electron chi connectivity index (χ0n) is 13.6. The third kappa shape index (κ3) is 4.91. The van der Waals surface area contributed by atoms with Gasteiger partial charge in [0.05, 0.1) is 5.75 Å². The molecule has 1 amide bonds. The van der Waals surface area contributed by atoms with Gasteiger partial charge in [-0.3, -0.25) is 10.0 Å². The smallest absolute Gasteiger partial charge is 0.267 e. The molecule has 0 bridgehead atoms. The molecule has 0 unspecified atom stereocenters. The molecule has 0 saturated heterocycles. The van der Waals surface area contributed by atoms with Gasteiger partial charge in [0.25, 0.3) is 5.91 Å². The molecule has 25 heavy (non-hydrogen) atoms. The van der Waals surface area contributed by atoms with Crippen LogP contribution in [0.25, 0.3) is 6.08 Å². The highest BCUT2D eigenvalue weighted by Gasteiger charge is 2.21. The lowest BCUT2D eigenvalue weighted by Crippen LogP contribution is -2.15. The Kier molecular flexibility index (Phi) is 6.32. The van der Waals surface area contributed by atoms with Crippen LogP contribution in [0, 0.1) is 0 Å². The van der Waals surface area contributed by atoms with Crippen LogP contribution in [0.2, 0.25) is 0 Å². The van der Waals surface area contributed by atoms with Gasteiger partial charge in [0.1, 0.15) is 5.03 Å². The van der Waals surface area contributed by atoms with Crippen molar-refractivity contribution in [2.24, 2.45) is 0 Å². The number of sulfone groups is 1. The third-order valence-electron chi connectivity index (χ3n) is 3.58. The minimum absolute atomic E-state index is 0.130. The molecule has 0 fully saturated rings. The van der Waals surface area contributed by atoms with E-state index in [0.717, 1.165) is 11.6 Å². The minimum atomic E-state index is -3.59. The number of hydrogen-bond acceptors (Lipinski definition) is 4. The van der Waals surface area contributed by atoms with Gasteiger partial charge in [0.2, 0.25) is 0 Å². The fraction of sp³-hybridized carbons (Fsp3) is 0.167. The molecule has 1 aromatic heterocycles. The van der Waals surface area contributed by atoms with Gasteiger partial charge in [0, 0.05) is 24.4 Å². The Morgan fingerprint density at radius 1 is 1.24 bits per heavy atom. The average molecular weight is 360 g/mol. The molecule has 2 N–H and O–H groups in total. The van der Waals surface area contributed by atoms with Gasteiger partial charge in [0.15, 0.2) is 9.84 Å². The lowest BCUT2D eigenvalue weighted by atomic mass is 10.1. The van der Waals surface area contributed by atoms with Crippen molar-refractivity contribution in [3.05, 3.63) is 72.5 Å². The first kappa shape index (κ1) is 18.7. The number of hydroxylamine groups is 1. The Labute approximate surface area is 147 Å². The topological polar surface area (TPSA) is 88.4 Å². The molecule has 132 valence electrons. The summed E-state index contributed by atoms with van der Waals surface area (Å²) in [6.07, 6.45) is 6.12. The van der Waals surface area contributed by atoms with E-state index < -0.39 is 15.7 Å². The molecule has 2 aromatic rings. The number of amides is 1. The Morgan fingerprint density at radius 2 is 1.96 bits per heavy atom. The van der Waals surface area contributed by atoms with Gasteiger partial charge >= 0.3 is 0 Å². The molecular weight excluding hydrogens is 340 g/mol. The number of hydrogen-bond donors (Lipinski definition) is 2.